The van der Waals surface area contributed by atoms with E-state index >= 15 is 0 Å². The molecular formula is C14H9N3O2S. The first-order valence-electron chi connectivity index (χ1n) is 5.81. The second-order valence-electron chi connectivity index (χ2n) is 3.99. The summed E-state index contributed by atoms with van der Waals surface area (Å²) < 4.78 is 0. The van der Waals surface area contributed by atoms with Gasteiger partial charge in [0.15, 0.2) is 0 Å². The summed E-state index contributed by atoms with van der Waals surface area (Å²) >= 11 is 1.42. The lowest BCUT2D eigenvalue weighted by Crippen LogP contribution is -1.97. The smallest absolute Gasteiger partial charge is 0.335 e. The van der Waals surface area contributed by atoms with Gasteiger partial charge in [-0.1, -0.05) is 6.07 Å². The number of carboxylic acid groups (broad SMARTS) is 1. The van der Waals surface area contributed by atoms with Crippen LogP contribution in [0.3, 0.4) is 0 Å². The number of aromatic carboxylic acids is 1. The van der Waals surface area contributed by atoms with E-state index in [0.29, 0.717) is 5.52 Å². The fraction of sp³-hybridized carbons (Fsp3) is 0. The van der Waals surface area contributed by atoms with Crippen LogP contribution in [0.25, 0.3) is 10.9 Å². The summed E-state index contributed by atoms with van der Waals surface area (Å²) in [4.78, 5) is 23.6. The Labute approximate surface area is 118 Å². The molecule has 98 valence electrons. The lowest BCUT2D eigenvalue weighted by Gasteiger charge is -2.04. The third-order valence-corrected chi connectivity index (χ3v) is 3.66. The van der Waals surface area contributed by atoms with Gasteiger partial charge >= 0.3 is 5.97 Å². The van der Waals surface area contributed by atoms with Crippen molar-refractivity contribution in [2.45, 2.75) is 10.1 Å². The molecule has 0 radical (unpaired) electrons. The van der Waals surface area contributed by atoms with Gasteiger partial charge in [0.1, 0.15) is 16.4 Å². The van der Waals surface area contributed by atoms with Crippen LogP contribution in [0.15, 0.2) is 59.0 Å². The first-order valence-corrected chi connectivity index (χ1v) is 6.62. The molecule has 1 N–H and O–H groups in total. The molecular weight excluding hydrogens is 274 g/mol. The molecule has 2 heterocycles. The first kappa shape index (κ1) is 12.6. The molecule has 3 rings (SSSR count). The normalized spacial score (nSPS) is 10.6. The maximum atomic E-state index is 11.0. The van der Waals surface area contributed by atoms with Gasteiger partial charge in [0, 0.05) is 11.6 Å². The van der Waals surface area contributed by atoms with Crippen molar-refractivity contribution in [3.05, 3.63) is 54.5 Å². The Balaban J connectivity index is 2.06. The van der Waals surface area contributed by atoms with Crippen molar-refractivity contribution < 1.29 is 9.90 Å². The fourth-order valence-corrected chi connectivity index (χ4v) is 2.59. The number of aromatic nitrogens is 3. The van der Waals surface area contributed by atoms with E-state index in [1.54, 1.807) is 24.4 Å². The molecule has 0 aliphatic carbocycles. The van der Waals surface area contributed by atoms with Crippen molar-refractivity contribution in [2.75, 3.05) is 0 Å². The van der Waals surface area contributed by atoms with Crippen LogP contribution in [0.4, 0.5) is 0 Å². The average Bonchev–Trinajstić information content (AvgIpc) is 2.48. The molecule has 0 aliphatic heterocycles. The maximum absolute atomic E-state index is 11.0. The molecule has 0 bridgehead atoms. The summed E-state index contributed by atoms with van der Waals surface area (Å²) in [6.07, 6.45) is 3.15. The number of hydrogen-bond donors (Lipinski definition) is 1. The number of carbonyl (C=O) groups is 1. The second-order valence-corrected chi connectivity index (χ2v) is 5.00. The highest BCUT2D eigenvalue weighted by atomic mass is 32.2. The van der Waals surface area contributed by atoms with Gasteiger partial charge in [-0.3, -0.25) is 0 Å². The Morgan fingerprint density at radius 3 is 2.75 bits per heavy atom. The van der Waals surface area contributed by atoms with Gasteiger partial charge in [-0.05, 0) is 42.1 Å². The van der Waals surface area contributed by atoms with E-state index in [1.165, 1.54) is 18.1 Å². The summed E-state index contributed by atoms with van der Waals surface area (Å²) in [7, 11) is 0. The van der Waals surface area contributed by atoms with Crippen molar-refractivity contribution in [2.24, 2.45) is 0 Å². The molecule has 0 aliphatic rings. The zero-order valence-corrected chi connectivity index (χ0v) is 11.0. The van der Waals surface area contributed by atoms with Gasteiger partial charge in [-0.2, -0.15) is 0 Å². The van der Waals surface area contributed by atoms with Crippen molar-refractivity contribution in [3.63, 3.8) is 0 Å². The highest BCUT2D eigenvalue weighted by Gasteiger charge is 2.09. The van der Waals surface area contributed by atoms with Crippen molar-refractivity contribution >= 4 is 28.6 Å². The average molecular weight is 283 g/mol. The summed E-state index contributed by atoms with van der Waals surface area (Å²) in [5.41, 5.74) is 0.823. The minimum atomic E-state index is -0.968. The molecule has 0 atom stereocenters. The highest BCUT2D eigenvalue weighted by Crippen LogP contribution is 2.29. The summed E-state index contributed by atoms with van der Waals surface area (Å²) in [6.45, 7) is 0. The molecule has 0 spiro atoms. The highest BCUT2D eigenvalue weighted by molar-refractivity contribution is 7.99. The van der Waals surface area contributed by atoms with Crippen LogP contribution >= 0.6 is 11.8 Å². The molecule has 20 heavy (non-hydrogen) atoms. The van der Waals surface area contributed by atoms with Crippen molar-refractivity contribution in [1.82, 2.24) is 15.0 Å². The van der Waals surface area contributed by atoms with E-state index in [4.69, 9.17) is 5.11 Å². The van der Waals surface area contributed by atoms with Crippen LogP contribution in [0.5, 0.6) is 0 Å². The largest absolute Gasteiger partial charge is 0.478 e. The molecule has 1 aromatic carbocycles. The topological polar surface area (TPSA) is 76.0 Å². The summed E-state index contributed by atoms with van der Waals surface area (Å²) in [5.74, 6) is -0.968. The van der Waals surface area contributed by atoms with Gasteiger partial charge in [0.25, 0.3) is 0 Å². The Bertz CT molecular complexity index is 778. The first-order chi connectivity index (χ1) is 9.74. The molecule has 0 saturated heterocycles. The van der Waals surface area contributed by atoms with Gasteiger partial charge in [0.05, 0.1) is 11.1 Å². The van der Waals surface area contributed by atoms with Gasteiger partial charge in [0.2, 0.25) is 0 Å². The number of hydrogen-bond acceptors (Lipinski definition) is 5. The van der Waals surface area contributed by atoms with Gasteiger partial charge in [-0.15, -0.1) is 0 Å². The minimum Gasteiger partial charge on any atom is -0.478 e. The van der Waals surface area contributed by atoms with Crippen LogP contribution in [-0.4, -0.2) is 26.0 Å². The molecule has 0 unspecified atom stereocenters. The SMILES string of the molecule is O=C(O)c1ccc2c(Sc3ccccn3)ncnc2c1. The van der Waals surface area contributed by atoms with Gasteiger partial charge in [-0.25, -0.2) is 19.7 Å². The third-order valence-electron chi connectivity index (χ3n) is 2.69. The van der Waals surface area contributed by atoms with E-state index in [2.05, 4.69) is 15.0 Å². The Kier molecular flexibility index (Phi) is 3.30. The summed E-state index contributed by atoms with van der Waals surface area (Å²) in [5, 5.41) is 11.4. The predicted molar refractivity (Wildman–Crippen MR) is 74.9 cm³/mol. The van der Waals surface area contributed by atoms with Gasteiger partial charge < -0.3 is 5.11 Å². The zero-order valence-electron chi connectivity index (χ0n) is 10.2. The maximum Gasteiger partial charge on any atom is 0.335 e. The zero-order chi connectivity index (χ0) is 13.9. The van der Waals surface area contributed by atoms with Crippen LogP contribution in [-0.2, 0) is 0 Å². The Morgan fingerprint density at radius 1 is 1.10 bits per heavy atom. The van der Waals surface area contributed by atoms with E-state index in [0.717, 1.165) is 15.4 Å². The lowest BCUT2D eigenvalue weighted by molar-refractivity contribution is 0.0697. The van der Waals surface area contributed by atoms with E-state index in [1.807, 2.05) is 18.2 Å². The van der Waals surface area contributed by atoms with Crippen LogP contribution in [0, 0.1) is 0 Å². The molecule has 6 heteroatoms. The molecule has 0 saturated carbocycles. The number of pyridine rings is 1. The van der Waals surface area contributed by atoms with Crippen molar-refractivity contribution in [3.8, 4) is 0 Å². The lowest BCUT2D eigenvalue weighted by atomic mass is 10.1. The van der Waals surface area contributed by atoms with E-state index < -0.39 is 5.97 Å². The van der Waals surface area contributed by atoms with Crippen LogP contribution < -0.4 is 0 Å². The number of fused-ring (bicyclic) bond motifs is 1. The fourth-order valence-electron chi connectivity index (χ4n) is 1.75. The minimum absolute atomic E-state index is 0.213. The number of benzene rings is 1. The molecule has 5 nitrogen and oxygen atoms in total. The Morgan fingerprint density at radius 2 is 2.00 bits per heavy atom. The van der Waals surface area contributed by atoms with Crippen LogP contribution in [0.1, 0.15) is 10.4 Å². The number of rotatable bonds is 3. The number of nitrogens with zero attached hydrogens (tertiary/aromatic N) is 3. The molecule has 2 aromatic heterocycles. The van der Waals surface area contributed by atoms with Crippen LogP contribution in [0.2, 0.25) is 0 Å². The van der Waals surface area contributed by atoms with E-state index in [-0.39, 0.29) is 5.56 Å². The molecule has 0 amide bonds. The standard InChI is InChI=1S/C14H9N3O2S/c18-14(19)9-4-5-10-11(7-9)16-8-17-13(10)20-12-3-1-2-6-15-12/h1-8H,(H,18,19). The Hall–Kier alpha value is -2.47. The molecule has 0 fully saturated rings. The van der Waals surface area contributed by atoms with Crippen molar-refractivity contribution in [1.29, 1.82) is 0 Å². The predicted octanol–water partition coefficient (Wildman–Crippen LogP) is 2.87. The third kappa shape index (κ3) is 2.46. The monoisotopic (exact) mass is 283 g/mol. The quantitative estimate of drug-likeness (QED) is 0.745. The summed E-state index contributed by atoms with van der Waals surface area (Å²) in [6, 6.07) is 10.5. The second kappa shape index (κ2) is 5.26. The van der Waals surface area contributed by atoms with E-state index in [9.17, 15) is 4.79 Å². The molecule has 3 aromatic rings. The number of carboxylic acids is 1.